The van der Waals surface area contributed by atoms with Crippen molar-refractivity contribution in [1.29, 1.82) is 0 Å². The summed E-state index contributed by atoms with van der Waals surface area (Å²) in [6.45, 7) is 2.58. The van der Waals surface area contributed by atoms with Crippen molar-refractivity contribution in [3.05, 3.63) is 53.8 Å². The molecule has 0 aromatic heterocycles. The van der Waals surface area contributed by atoms with Gasteiger partial charge in [0.25, 0.3) is 5.91 Å². The molecule has 0 spiro atoms. The normalized spacial score (nSPS) is 14.9. The topological polar surface area (TPSA) is 75.7 Å². The van der Waals surface area contributed by atoms with Crippen LogP contribution in [0.2, 0.25) is 0 Å². The van der Waals surface area contributed by atoms with Gasteiger partial charge in [-0.05, 0) is 67.8 Å². The summed E-state index contributed by atoms with van der Waals surface area (Å²) in [4.78, 5) is 12.2. The first-order valence-corrected chi connectivity index (χ1v) is 10.1. The van der Waals surface area contributed by atoms with Crippen molar-refractivity contribution >= 4 is 21.6 Å². The van der Waals surface area contributed by atoms with Crippen LogP contribution in [0.3, 0.4) is 0 Å². The third-order valence-electron chi connectivity index (χ3n) is 4.34. The summed E-state index contributed by atoms with van der Waals surface area (Å²) in [5, 5.41) is 2.60. The van der Waals surface area contributed by atoms with Crippen molar-refractivity contribution in [2.75, 3.05) is 25.0 Å². The number of nitrogens with one attached hydrogen (secondary N) is 1. The lowest BCUT2D eigenvalue weighted by molar-refractivity contribution is -0.118. The van der Waals surface area contributed by atoms with Gasteiger partial charge in [0.1, 0.15) is 11.6 Å². The molecular formula is C19H21FN2O4S. The van der Waals surface area contributed by atoms with Crippen molar-refractivity contribution in [2.24, 2.45) is 0 Å². The predicted molar refractivity (Wildman–Crippen MR) is 99.7 cm³/mol. The summed E-state index contributed by atoms with van der Waals surface area (Å²) in [5.41, 5.74) is 1.10. The van der Waals surface area contributed by atoms with E-state index in [-0.39, 0.29) is 17.3 Å². The minimum atomic E-state index is -3.49. The number of hydrogen-bond donors (Lipinski definition) is 1. The number of carbonyl (C=O) groups is 1. The molecule has 2 aromatic carbocycles. The summed E-state index contributed by atoms with van der Waals surface area (Å²) >= 11 is 0. The highest BCUT2D eigenvalue weighted by Gasteiger charge is 2.27. The van der Waals surface area contributed by atoms with E-state index in [9.17, 15) is 17.6 Å². The van der Waals surface area contributed by atoms with Gasteiger partial charge < -0.3 is 10.1 Å². The third-order valence-corrected chi connectivity index (χ3v) is 6.23. The van der Waals surface area contributed by atoms with E-state index in [1.165, 1.54) is 34.6 Å². The number of rotatable bonds is 6. The fraction of sp³-hybridized carbons (Fsp3) is 0.316. The van der Waals surface area contributed by atoms with Crippen molar-refractivity contribution in [2.45, 2.75) is 24.7 Å². The van der Waals surface area contributed by atoms with E-state index in [2.05, 4.69) is 5.32 Å². The monoisotopic (exact) mass is 392 g/mol. The van der Waals surface area contributed by atoms with E-state index in [1.807, 2.05) is 0 Å². The number of anilines is 1. The second kappa shape index (κ2) is 8.06. The Hall–Kier alpha value is -2.45. The average molecular weight is 392 g/mol. The molecule has 3 rings (SSSR count). The minimum absolute atomic E-state index is 0.227. The first kappa shape index (κ1) is 19.3. The van der Waals surface area contributed by atoms with Crippen molar-refractivity contribution in [3.8, 4) is 5.75 Å². The zero-order valence-electron chi connectivity index (χ0n) is 14.9. The Morgan fingerprint density at radius 2 is 1.81 bits per heavy atom. The van der Waals surface area contributed by atoms with Crippen LogP contribution in [0.4, 0.5) is 10.1 Å². The van der Waals surface area contributed by atoms with Crippen LogP contribution in [0.5, 0.6) is 5.75 Å². The number of nitrogens with zero attached hydrogens (tertiary/aromatic N) is 1. The van der Waals surface area contributed by atoms with Gasteiger partial charge in [-0.1, -0.05) is 0 Å². The van der Waals surface area contributed by atoms with Crippen LogP contribution in [0, 0.1) is 12.7 Å². The number of halogens is 1. The van der Waals surface area contributed by atoms with Gasteiger partial charge in [-0.25, -0.2) is 12.8 Å². The molecule has 1 aliphatic heterocycles. The maximum absolute atomic E-state index is 12.9. The Balaban J connectivity index is 1.62. The Morgan fingerprint density at radius 1 is 1.15 bits per heavy atom. The lowest BCUT2D eigenvalue weighted by Crippen LogP contribution is -2.27. The first-order chi connectivity index (χ1) is 12.9. The van der Waals surface area contributed by atoms with E-state index >= 15 is 0 Å². The Kier molecular flexibility index (Phi) is 5.76. The Morgan fingerprint density at radius 3 is 2.44 bits per heavy atom. The van der Waals surface area contributed by atoms with Crippen LogP contribution in [0.1, 0.15) is 18.4 Å². The molecule has 6 nitrogen and oxygen atoms in total. The number of benzene rings is 2. The molecule has 1 fully saturated rings. The quantitative estimate of drug-likeness (QED) is 0.820. The second-order valence-corrected chi connectivity index (χ2v) is 8.32. The summed E-state index contributed by atoms with van der Waals surface area (Å²) in [6, 6.07) is 10.0. The molecule has 0 aliphatic carbocycles. The molecule has 0 saturated carbocycles. The van der Waals surface area contributed by atoms with E-state index in [0.717, 1.165) is 12.8 Å². The number of sulfonamides is 1. The number of carbonyl (C=O) groups excluding carboxylic acids is 1. The van der Waals surface area contributed by atoms with E-state index in [4.69, 9.17) is 4.74 Å². The molecule has 1 heterocycles. The van der Waals surface area contributed by atoms with Gasteiger partial charge in [0.15, 0.2) is 6.61 Å². The molecule has 0 bridgehead atoms. The average Bonchev–Trinajstić information content (AvgIpc) is 3.18. The van der Waals surface area contributed by atoms with Crippen molar-refractivity contribution in [1.82, 2.24) is 4.31 Å². The van der Waals surface area contributed by atoms with Gasteiger partial charge in [0.05, 0.1) is 4.90 Å². The van der Waals surface area contributed by atoms with Gasteiger partial charge >= 0.3 is 0 Å². The van der Waals surface area contributed by atoms with E-state index in [0.29, 0.717) is 30.1 Å². The zero-order chi connectivity index (χ0) is 19.4. The molecule has 2 aromatic rings. The van der Waals surface area contributed by atoms with Crippen LogP contribution in [0.25, 0.3) is 0 Å². The fourth-order valence-corrected chi connectivity index (χ4v) is 4.50. The lowest BCUT2D eigenvalue weighted by Gasteiger charge is -2.17. The number of ether oxygens (including phenoxy) is 1. The molecule has 1 aliphatic rings. The van der Waals surface area contributed by atoms with Crippen molar-refractivity contribution < 1.29 is 22.3 Å². The summed E-state index contributed by atoms with van der Waals surface area (Å²) in [5.74, 6) is -0.344. The molecule has 0 atom stereocenters. The maximum Gasteiger partial charge on any atom is 0.262 e. The van der Waals surface area contributed by atoms with Gasteiger partial charge in [0.2, 0.25) is 10.0 Å². The second-order valence-electron chi connectivity index (χ2n) is 6.38. The Bertz CT molecular complexity index is 923. The van der Waals surface area contributed by atoms with Gasteiger partial charge in [-0.2, -0.15) is 4.31 Å². The van der Waals surface area contributed by atoms with Gasteiger partial charge in [-0.3, -0.25) is 4.79 Å². The molecule has 1 amide bonds. The third kappa shape index (κ3) is 4.64. The van der Waals surface area contributed by atoms with Crippen LogP contribution in [0.15, 0.2) is 47.4 Å². The number of hydrogen-bond acceptors (Lipinski definition) is 4. The summed E-state index contributed by atoms with van der Waals surface area (Å²) in [7, 11) is -3.49. The highest BCUT2D eigenvalue weighted by Crippen LogP contribution is 2.26. The predicted octanol–water partition coefficient (Wildman–Crippen LogP) is 2.94. The smallest absolute Gasteiger partial charge is 0.262 e. The van der Waals surface area contributed by atoms with Gasteiger partial charge in [-0.15, -0.1) is 0 Å². The first-order valence-electron chi connectivity index (χ1n) is 8.65. The van der Waals surface area contributed by atoms with Crippen LogP contribution in [-0.4, -0.2) is 38.3 Å². The molecule has 0 radical (unpaired) electrons. The molecule has 0 unspecified atom stereocenters. The standard InChI is InChI=1S/C19H21FN2O4S/c1-14-12-17(27(24,25)22-10-2-3-11-22)8-9-18(14)26-13-19(23)21-16-6-4-15(20)5-7-16/h4-9,12H,2-3,10-11,13H2,1H3,(H,21,23). The van der Waals surface area contributed by atoms with Crippen LogP contribution >= 0.6 is 0 Å². The Labute approximate surface area is 158 Å². The summed E-state index contributed by atoms with van der Waals surface area (Å²) < 4.78 is 45.0. The van der Waals surface area contributed by atoms with Crippen LogP contribution in [-0.2, 0) is 14.8 Å². The van der Waals surface area contributed by atoms with Crippen LogP contribution < -0.4 is 10.1 Å². The number of aryl methyl sites for hydroxylation is 1. The molecule has 1 saturated heterocycles. The highest BCUT2D eigenvalue weighted by molar-refractivity contribution is 7.89. The molecule has 8 heteroatoms. The molecule has 1 N–H and O–H groups in total. The maximum atomic E-state index is 12.9. The zero-order valence-corrected chi connectivity index (χ0v) is 15.8. The summed E-state index contributed by atoms with van der Waals surface area (Å²) in [6.07, 6.45) is 1.76. The van der Waals surface area contributed by atoms with E-state index < -0.39 is 15.9 Å². The van der Waals surface area contributed by atoms with E-state index in [1.54, 1.807) is 19.1 Å². The largest absolute Gasteiger partial charge is 0.483 e. The lowest BCUT2D eigenvalue weighted by atomic mass is 10.2. The molecule has 27 heavy (non-hydrogen) atoms. The SMILES string of the molecule is Cc1cc(S(=O)(=O)N2CCCC2)ccc1OCC(=O)Nc1ccc(F)cc1. The minimum Gasteiger partial charge on any atom is -0.483 e. The number of amides is 1. The van der Waals surface area contributed by atoms with Crippen molar-refractivity contribution in [3.63, 3.8) is 0 Å². The van der Waals surface area contributed by atoms with Gasteiger partial charge in [0, 0.05) is 18.8 Å². The fourth-order valence-electron chi connectivity index (χ4n) is 2.90. The molecular weight excluding hydrogens is 371 g/mol. The highest BCUT2D eigenvalue weighted by atomic mass is 32.2. The molecule has 144 valence electrons.